The van der Waals surface area contributed by atoms with Crippen LogP contribution in [0.1, 0.15) is 25.4 Å². The zero-order valence-electron chi connectivity index (χ0n) is 11.4. The number of hydrogen-bond donors (Lipinski definition) is 0. The van der Waals surface area contributed by atoms with Crippen LogP contribution in [0.15, 0.2) is 39.7 Å². The van der Waals surface area contributed by atoms with E-state index in [1.807, 2.05) is 18.2 Å². The SMILES string of the molecule is CC(C)Cc1cc(Cl)nc(CSc2cccc(Br)c2)n1. The molecule has 0 atom stereocenters. The molecule has 0 unspecified atom stereocenters. The summed E-state index contributed by atoms with van der Waals surface area (Å²) in [4.78, 5) is 10.1. The summed E-state index contributed by atoms with van der Waals surface area (Å²) in [7, 11) is 0. The number of nitrogens with zero attached hydrogens (tertiary/aromatic N) is 2. The van der Waals surface area contributed by atoms with E-state index < -0.39 is 0 Å². The highest BCUT2D eigenvalue weighted by Crippen LogP contribution is 2.25. The molecular weight excluding hydrogens is 356 g/mol. The molecule has 0 bridgehead atoms. The first-order valence-electron chi connectivity index (χ1n) is 6.43. The highest BCUT2D eigenvalue weighted by atomic mass is 79.9. The van der Waals surface area contributed by atoms with Gasteiger partial charge in [-0.1, -0.05) is 47.4 Å². The van der Waals surface area contributed by atoms with E-state index in [0.717, 1.165) is 28.2 Å². The average Bonchev–Trinajstić information content (AvgIpc) is 2.35. The molecule has 0 N–H and O–H groups in total. The maximum absolute atomic E-state index is 6.07. The number of halogens is 2. The third-order valence-electron chi connectivity index (χ3n) is 2.58. The Morgan fingerprint density at radius 3 is 2.75 bits per heavy atom. The standard InChI is InChI=1S/C15H16BrClN2S/c1-10(2)6-12-8-14(17)19-15(18-12)9-20-13-5-3-4-11(16)7-13/h3-5,7-8,10H,6,9H2,1-2H3. The molecule has 2 aromatic rings. The van der Waals surface area contributed by atoms with E-state index in [0.29, 0.717) is 11.1 Å². The molecule has 0 saturated heterocycles. The van der Waals surface area contributed by atoms with E-state index in [-0.39, 0.29) is 0 Å². The fraction of sp³-hybridized carbons (Fsp3) is 0.333. The molecule has 0 aliphatic heterocycles. The highest BCUT2D eigenvalue weighted by molar-refractivity contribution is 9.10. The summed E-state index contributed by atoms with van der Waals surface area (Å²) >= 11 is 11.3. The lowest BCUT2D eigenvalue weighted by Crippen LogP contribution is -2.02. The van der Waals surface area contributed by atoms with Gasteiger partial charge in [-0.05, 0) is 36.6 Å². The minimum absolute atomic E-state index is 0.528. The molecule has 0 saturated carbocycles. The molecule has 0 aliphatic carbocycles. The zero-order chi connectivity index (χ0) is 14.5. The summed E-state index contributed by atoms with van der Waals surface area (Å²) in [5, 5.41) is 0.528. The van der Waals surface area contributed by atoms with Crippen molar-refractivity contribution in [2.75, 3.05) is 0 Å². The first kappa shape index (κ1) is 15.8. The number of aromatic nitrogens is 2. The molecule has 0 amide bonds. The third-order valence-corrected chi connectivity index (χ3v) is 4.25. The predicted octanol–water partition coefficient (Wildman–Crippen LogP) is 5.38. The van der Waals surface area contributed by atoms with E-state index in [9.17, 15) is 0 Å². The van der Waals surface area contributed by atoms with Crippen LogP contribution in [-0.2, 0) is 12.2 Å². The van der Waals surface area contributed by atoms with Crippen LogP contribution in [-0.4, -0.2) is 9.97 Å². The van der Waals surface area contributed by atoms with Crippen LogP contribution >= 0.6 is 39.3 Å². The summed E-state index contributed by atoms with van der Waals surface area (Å²) in [6, 6.07) is 10.1. The summed E-state index contributed by atoms with van der Waals surface area (Å²) in [6.07, 6.45) is 0.927. The Morgan fingerprint density at radius 1 is 1.25 bits per heavy atom. The van der Waals surface area contributed by atoms with Gasteiger partial charge in [-0.25, -0.2) is 9.97 Å². The van der Waals surface area contributed by atoms with Gasteiger partial charge in [0.2, 0.25) is 0 Å². The summed E-state index contributed by atoms with van der Waals surface area (Å²) in [5.41, 5.74) is 1.02. The molecule has 0 radical (unpaired) electrons. The highest BCUT2D eigenvalue weighted by Gasteiger charge is 2.06. The fourth-order valence-electron chi connectivity index (χ4n) is 1.81. The van der Waals surface area contributed by atoms with Gasteiger partial charge in [0, 0.05) is 15.1 Å². The minimum atomic E-state index is 0.528. The van der Waals surface area contributed by atoms with Gasteiger partial charge in [-0.3, -0.25) is 0 Å². The van der Waals surface area contributed by atoms with Crippen LogP contribution < -0.4 is 0 Å². The van der Waals surface area contributed by atoms with Crippen LogP contribution in [0, 0.1) is 5.92 Å². The second kappa shape index (κ2) is 7.43. The minimum Gasteiger partial charge on any atom is -0.237 e. The van der Waals surface area contributed by atoms with Gasteiger partial charge in [0.1, 0.15) is 11.0 Å². The van der Waals surface area contributed by atoms with Crippen molar-refractivity contribution in [1.29, 1.82) is 0 Å². The van der Waals surface area contributed by atoms with Gasteiger partial charge in [0.05, 0.1) is 5.75 Å². The van der Waals surface area contributed by atoms with Crippen LogP contribution in [0.2, 0.25) is 5.15 Å². The molecule has 20 heavy (non-hydrogen) atoms. The van der Waals surface area contributed by atoms with Crippen molar-refractivity contribution in [3.8, 4) is 0 Å². The topological polar surface area (TPSA) is 25.8 Å². The van der Waals surface area contributed by atoms with Gasteiger partial charge in [-0.2, -0.15) is 0 Å². The van der Waals surface area contributed by atoms with Gasteiger partial charge in [0.15, 0.2) is 0 Å². The van der Waals surface area contributed by atoms with Gasteiger partial charge >= 0.3 is 0 Å². The van der Waals surface area contributed by atoms with E-state index in [4.69, 9.17) is 11.6 Å². The summed E-state index contributed by atoms with van der Waals surface area (Å²) in [6.45, 7) is 4.35. The molecule has 1 heterocycles. The molecule has 2 nitrogen and oxygen atoms in total. The van der Waals surface area contributed by atoms with Crippen molar-refractivity contribution in [2.45, 2.75) is 30.9 Å². The molecule has 1 aromatic heterocycles. The van der Waals surface area contributed by atoms with Gasteiger partial charge < -0.3 is 0 Å². The smallest absolute Gasteiger partial charge is 0.140 e. The zero-order valence-corrected chi connectivity index (χ0v) is 14.6. The molecule has 5 heteroatoms. The summed E-state index contributed by atoms with van der Waals surface area (Å²) in [5.74, 6) is 2.08. The quantitative estimate of drug-likeness (QED) is 0.521. The van der Waals surface area contributed by atoms with Crippen molar-refractivity contribution >= 4 is 39.3 Å². The average molecular weight is 372 g/mol. The van der Waals surface area contributed by atoms with Crippen LogP contribution in [0.3, 0.4) is 0 Å². The van der Waals surface area contributed by atoms with Crippen LogP contribution in [0.4, 0.5) is 0 Å². The Labute approximate surface area is 137 Å². The largest absolute Gasteiger partial charge is 0.237 e. The molecule has 1 aromatic carbocycles. The van der Waals surface area contributed by atoms with Crippen molar-refractivity contribution in [2.24, 2.45) is 5.92 Å². The molecule has 0 fully saturated rings. The molecule has 106 valence electrons. The van der Waals surface area contributed by atoms with E-state index >= 15 is 0 Å². The van der Waals surface area contributed by atoms with Gasteiger partial charge in [-0.15, -0.1) is 11.8 Å². The first-order valence-corrected chi connectivity index (χ1v) is 8.59. The first-order chi connectivity index (χ1) is 9.52. The maximum Gasteiger partial charge on any atom is 0.140 e. The van der Waals surface area contributed by atoms with Crippen LogP contribution in [0.25, 0.3) is 0 Å². The Balaban J connectivity index is 2.07. The molecular formula is C15H16BrClN2S. The molecule has 2 rings (SSSR count). The molecule has 0 spiro atoms. The second-order valence-electron chi connectivity index (χ2n) is 4.94. The fourth-order valence-corrected chi connectivity index (χ4v) is 3.39. The summed E-state index contributed by atoms with van der Waals surface area (Å²) < 4.78 is 1.08. The van der Waals surface area contributed by atoms with Crippen molar-refractivity contribution in [3.05, 3.63) is 51.5 Å². The number of rotatable bonds is 5. The van der Waals surface area contributed by atoms with E-state index in [1.165, 1.54) is 4.90 Å². The van der Waals surface area contributed by atoms with E-state index in [1.54, 1.807) is 11.8 Å². The lowest BCUT2D eigenvalue weighted by Gasteiger charge is -2.07. The van der Waals surface area contributed by atoms with Crippen molar-refractivity contribution in [1.82, 2.24) is 9.97 Å². The van der Waals surface area contributed by atoms with Crippen LogP contribution in [0.5, 0.6) is 0 Å². The third kappa shape index (κ3) is 5.08. The Hall–Kier alpha value is -0.580. The van der Waals surface area contributed by atoms with Crippen molar-refractivity contribution < 1.29 is 0 Å². The Morgan fingerprint density at radius 2 is 2.05 bits per heavy atom. The normalized spacial score (nSPS) is 11.1. The monoisotopic (exact) mass is 370 g/mol. The number of benzene rings is 1. The Bertz CT molecular complexity index is 590. The number of thioether (sulfide) groups is 1. The second-order valence-corrected chi connectivity index (χ2v) is 7.29. The number of hydrogen-bond acceptors (Lipinski definition) is 3. The maximum atomic E-state index is 6.07. The lowest BCUT2D eigenvalue weighted by molar-refractivity contribution is 0.632. The Kier molecular flexibility index (Phi) is 5.87. The van der Waals surface area contributed by atoms with Gasteiger partial charge in [0.25, 0.3) is 0 Å². The molecule has 0 aliphatic rings. The van der Waals surface area contributed by atoms with Crippen molar-refractivity contribution in [3.63, 3.8) is 0 Å². The lowest BCUT2D eigenvalue weighted by atomic mass is 10.1. The van der Waals surface area contributed by atoms with E-state index in [2.05, 4.69) is 51.9 Å². The predicted molar refractivity (Wildman–Crippen MR) is 89.3 cm³/mol.